The van der Waals surface area contributed by atoms with E-state index in [4.69, 9.17) is 0 Å². The molecule has 0 amide bonds. The van der Waals surface area contributed by atoms with Gasteiger partial charge in [0.15, 0.2) is 0 Å². The van der Waals surface area contributed by atoms with Gasteiger partial charge >= 0.3 is 0 Å². The number of rotatable bonds is 4. The standard InChI is InChI=1S/C21H19N3.C2H6/c1-15-7-9-17(10-8-15)18-11-19-20(12-18)23-14-24-21(19)22-13-16-5-3-2-4-6-16;1-2/h2-11,14H,12-13H2,1H3,(H,22,23,24);1-2H3. The van der Waals surface area contributed by atoms with Crippen molar-refractivity contribution in [2.24, 2.45) is 0 Å². The van der Waals surface area contributed by atoms with E-state index in [0.29, 0.717) is 0 Å². The molecule has 1 aliphatic rings. The van der Waals surface area contributed by atoms with E-state index in [-0.39, 0.29) is 0 Å². The third kappa shape index (κ3) is 3.99. The van der Waals surface area contributed by atoms with Crippen molar-refractivity contribution >= 4 is 17.5 Å². The van der Waals surface area contributed by atoms with Crippen LogP contribution < -0.4 is 5.32 Å². The molecule has 3 nitrogen and oxygen atoms in total. The normalized spacial score (nSPS) is 11.9. The zero-order valence-electron chi connectivity index (χ0n) is 15.7. The summed E-state index contributed by atoms with van der Waals surface area (Å²) in [7, 11) is 0. The van der Waals surface area contributed by atoms with Crippen LogP contribution in [-0.2, 0) is 13.0 Å². The fourth-order valence-electron chi connectivity index (χ4n) is 3.01. The number of nitrogens with zero attached hydrogens (tertiary/aromatic N) is 2. The van der Waals surface area contributed by atoms with E-state index in [1.807, 2.05) is 19.9 Å². The highest BCUT2D eigenvalue weighted by molar-refractivity contribution is 5.90. The van der Waals surface area contributed by atoms with Gasteiger partial charge in [0.05, 0.1) is 5.69 Å². The van der Waals surface area contributed by atoms with Crippen LogP contribution in [0.25, 0.3) is 11.6 Å². The van der Waals surface area contributed by atoms with Crippen LogP contribution in [0.3, 0.4) is 0 Å². The van der Waals surface area contributed by atoms with Gasteiger partial charge in [0.25, 0.3) is 0 Å². The maximum Gasteiger partial charge on any atom is 0.137 e. The zero-order chi connectivity index (χ0) is 18.4. The number of anilines is 1. The summed E-state index contributed by atoms with van der Waals surface area (Å²) in [5.41, 5.74) is 7.28. The predicted octanol–water partition coefficient (Wildman–Crippen LogP) is 5.52. The molecule has 1 heterocycles. The van der Waals surface area contributed by atoms with Crippen LogP contribution in [0, 0.1) is 6.92 Å². The van der Waals surface area contributed by atoms with Crippen molar-refractivity contribution in [1.29, 1.82) is 0 Å². The van der Waals surface area contributed by atoms with E-state index in [9.17, 15) is 0 Å². The van der Waals surface area contributed by atoms with Crippen LogP contribution in [0.2, 0.25) is 0 Å². The Morgan fingerprint density at radius 1 is 0.923 bits per heavy atom. The lowest BCUT2D eigenvalue weighted by Crippen LogP contribution is -2.04. The molecule has 0 aliphatic heterocycles. The molecule has 0 unspecified atom stereocenters. The zero-order valence-corrected chi connectivity index (χ0v) is 15.7. The molecule has 3 aromatic rings. The lowest BCUT2D eigenvalue weighted by atomic mass is 10.0. The van der Waals surface area contributed by atoms with E-state index >= 15 is 0 Å². The van der Waals surface area contributed by atoms with Crippen molar-refractivity contribution in [3.63, 3.8) is 0 Å². The minimum atomic E-state index is 0.762. The monoisotopic (exact) mass is 343 g/mol. The lowest BCUT2D eigenvalue weighted by molar-refractivity contribution is 1.03. The Kier molecular flexibility index (Phi) is 5.80. The molecule has 0 fully saturated rings. The van der Waals surface area contributed by atoms with Gasteiger partial charge in [-0.3, -0.25) is 0 Å². The van der Waals surface area contributed by atoms with E-state index < -0.39 is 0 Å². The van der Waals surface area contributed by atoms with E-state index in [1.165, 1.54) is 22.3 Å². The van der Waals surface area contributed by atoms with Gasteiger partial charge in [-0.25, -0.2) is 9.97 Å². The minimum absolute atomic E-state index is 0.762. The molecule has 1 aromatic heterocycles. The summed E-state index contributed by atoms with van der Waals surface area (Å²) >= 11 is 0. The molecular weight excluding hydrogens is 318 g/mol. The van der Waals surface area contributed by atoms with Gasteiger partial charge in [0.1, 0.15) is 12.1 Å². The Balaban J connectivity index is 0.000000948. The van der Waals surface area contributed by atoms with E-state index in [1.54, 1.807) is 6.33 Å². The van der Waals surface area contributed by atoms with Gasteiger partial charge in [-0.15, -0.1) is 0 Å². The fourth-order valence-corrected chi connectivity index (χ4v) is 3.01. The number of aromatic nitrogens is 2. The quantitative estimate of drug-likeness (QED) is 0.678. The molecule has 26 heavy (non-hydrogen) atoms. The second-order valence-corrected chi connectivity index (χ2v) is 6.13. The molecule has 0 saturated heterocycles. The summed E-state index contributed by atoms with van der Waals surface area (Å²) in [6, 6.07) is 19.0. The molecule has 1 aliphatic carbocycles. The first kappa shape index (κ1) is 17.9. The summed E-state index contributed by atoms with van der Waals surface area (Å²) in [5.74, 6) is 0.908. The first-order chi connectivity index (χ1) is 12.8. The summed E-state index contributed by atoms with van der Waals surface area (Å²) in [6.45, 7) is 6.87. The van der Waals surface area contributed by atoms with Gasteiger partial charge in [-0.1, -0.05) is 74.0 Å². The Bertz CT molecular complexity index is 881. The smallest absolute Gasteiger partial charge is 0.137 e. The van der Waals surface area contributed by atoms with E-state index in [0.717, 1.165) is 30.0 Å². The first-order valence-electron chi connectivity index (χ1n) is 9.19. The highest BCUT2D eigenvalue weighted by Gasteiger charge is 2.19. The van der Waals surface area contributed by atoms with Crippen molar-refractivity contribution in [3.8, 4) is 0 Å². The molecule has 0 saturated carbocycles. The second kappa shape index (κ2) is 8.43. The lowest BCUT2D eigenvalue weighted by Gasteiger charge is -2.08. The van der Waals surface area contributed by atoms with Gasteiger partial charge in [-0.05, 0) is 29.7 Å². The summed E-state index contributed by atoms with van der Waals surface area (Å²) in [4.78, 5) is 8.91. The number of fused-ring (bicyclic) bond motifs is 1. The topological polar surface area (TPSA) is 37.8 Å². The van der Waals surface area contributed by atoms with E-state index in [2.05, 4.69) is 76.8 Å². The molecule has 0 radical (unpaired) electrons. The SMILES string of the molecule is CC.Cc1ccc(C2=Cc3c(ncnc3NCc3ccccc3)C2)cc1. The molecular formula is C23H25N3. The largest absolute Gasteiger partial charge is 0.365 e. The summed E-state index contributed by atoms with van der Waals surface area (Å²) < 4.78 is 0. The Morgan fingerprint density at radius 2 is 1.65 bits per heavy atom. The van der Waals surface area contributed by atoms with Crippen LogP contribution in [-0.4, -0.2) is 9.97 Å². The Labute approximate surface area is 155 Å². The number of nitrogens with one attached hydrogen (secondary N) is 1. The second-order valence-electron chi connectivity index (χ2n) is 6.13. The van der Waals surface area contributed by atoms with Crippen molar-refractivity contribution in [2.45, 2.75) is 33.7 Å². The Morgan fingerprint density at radius 3 is 2.38 bits per heavy atom. The van der Waals surface area contributed by atoms with Gasteiger partial charge in [0.2, 0.25) is 0 Å². The summed E-state index contributed by atoms with van der Waals surface area (Å²) in [5, 5.41) is 3.45. The number of aryl methyl sites for hydroxylation is 1. The molecule has 0 bridgehead atoms. The maximum atomic E-state index is 4.47. The van der Waals surface area contributed by atoms with Gasteiger partial charge in [0, 0.05) is 18.5 Å². The number of hydrogen-bond donors (Lipinski definition) is 1. The highest BCUT2D eigenvalue weighted by atomic mass is 15.0. The van der Waals surface area contributed by atoms with Crippen molar-refractivity contribution in [2.75, 3.05) is 5.32 Å². The van der Waals surface area contributed by atoms with Crippen molar-refractivity contribution in [3.05, 3.63) is 88.9 Å². The average molecular weight is 343 g/mol. The van der Waals surface area contributed by atoms with Gasteiger partial charge < -0.3 is 5.32 Å². The molecule has 2 aromatic carbocycles. The predicted molar refractivity (Wildman–Crippen MR) is 110 cm³/mol. The van der Waals surface area contributed by atoms with Crippen molar-refractivity contribution in [1.82, 2.24) is 9.97 Å². The van der Waals surface area contributed by atoms with Crippen LogP contribution in [0.15, 0.2) is 60.9 Å². The fraction of sp³-hybridized carbons (Fsp3) is 0.217. The molecule has 0 spiro atoms. The van der Waals surface area contributed by atoms with Crippen LogP contribution in [0.4, 0.5) is 5.82 Å². The number of hydrogen-bond acceptors (Lipinski definition) is 3. The maximum absolute atomic E-state index is 4.47. The highest BCUT2D eigenvalue weighted by Crippen LogP contribution is 2.33. The molecule has 0 atom stereocenters. The molecule has 3 heteroatoms. The van der Waals surface area contributed by atoms with Gasteiger partial charge in [-0.2, -0.15) is 0 Å². The van der Waals surface area contributed by atoms with Crippen LogP contribution >= 0.6 is 0 Å². The molecule has 4 rings (SSSR count). The minimum Gasteiger partial charge on any atom is -0.365 e. The number of benzene rings is 2. The van der Waals surface area contributed by atoms with Crippen LogP contribution in [0.1, 0.15) is 41.8 Å². The third-order valence-corrected chi connectivity index (χ3v) is 4.37. The molecule has 1 N–H and O–H groups in total. The Hall–Kier alpha value is -2.94. The van der Waals surface area contributed by atoms with Crippen molar-refractivity contribution < 1.29 is 0 Å². The first-order valence-corrected chi connectivity index (χ1v) is 9.19. The molecule has 132 valence electrons. The number of allylic oxidation sites excluding steroid dienone is 1. The van der Waals surface area contributed by atoms with Crippen LogP contribution in [0.5, 0.6) is 0 Å². The summed E-state index contributed by atoms with van der Waals surface area (Å²) in [6.07, 6.45) is 4.73. The third-order valence-electron chi connectivity index (χ3n) is 4.37. The average Bonchev–Trinajstić information content (AvgIpc) is 3.14.